The van der Waals surface area contributed by atoms with Gasteiger partial charge in [0.2, 0.25) is 0 Å². The summed E-state index contributed by atoms with van der Waals surface area (Å²) in [7, 11) is 0. The summed E-state index contributed by atoms with van der Waals surface area (Å²) < 4.78 is 1.43. The second-order valence-electron chi connectivity index (χ2n) is 8.37. The Morgan fingerprint density at radius 1 is 1.29 bits per heavy atom. The maximum Gasteiger partial charge on any atom is 0.256 e. The Morgan fingerprint density at radius 3 is 2.75 bits per heavy atom. The smallest absolute Gasteiger partial charge is 0.256 e. The first-order valence-electron chi connectivity index (χ1n) is 9.61. The summed E-state index contributed by atoms with van der Waals surface area (Å²) in [6.45, 7) is 6.97. The molecule has 1 aromatic heterocycles. The van der Waals surface area contributed by atoms with Gasteiger partial charge in [0.1, 0.15) is 16.9 Å². The van der Waals surface area contributed by atoms with E-state index in [0.29, 0.717) is 21.4 Å². The second-order valence-corrected chi connectivity index (χ2v) is 11.2. The number of phenols is 1. The predicted molar refractivity (Wildman–Crippen MR) is 121 cm³/mol. The fourth-order valence-electron chi connectivity index (χ4n) is 4.22. The van der Waals surface area contributed by atoms with Crippen LogP contribution in [0.15, 0.2) is 21.1 Å². The van der Waals surface area contributed by atoms with Crippen LogP contribution < -0.4 is 10.6 Å². The van der Waals surface area contributed by atoms with Crippen LogP contribution in [-0.2, 0) is 12.8 Å². The highest BCUT2D eigenvalue weighted by Gasteiger charge is 2.37. The van der Waals surface area contributed by atoms with Gasteiger partial charge in [-0.3, -0.25) is 4.79 Å². The van der Waals surface area contributed by atoms with Crippen LogP contribution in [0.4, 0.5) is 5.00 Å². The van der Waals surface area contributed by atoms with Gasteiger partial charge in [-0.1, -0.05) is 43.1 Å². The molecular formula is C21H24Br2N2O2S. The van der Waals surface area contributed by atoms with Crippen LogP contribution in [0.2, 0.25) is 0 Å². The monoisotopic (exact) mass is 526 g/mol. The first kappa shape index (κ1) is 20.2. The number of anilines is 1. The van der Waals surface area contributed by atoms with Crippen LogP contribution in [0, 0.1) is 11.3 Å². The number of halogens is 2. The van der Waals surface area contributed by atoms with Crippen molar-refractivity contribution in [1.29, 1.82) is 0 Å². The first-order chi connectivity index (χ1) is 13.2. The number of amides is 1. The molecule has 0 unspecified atom stereocenters. The molecule has 4 rings (SSSR count). The summed E-state index contributed by atoms with van der Waals surface area (Å²) in [5.74, 6) is 0.726. The Balaban J connectivity index is 1.67. The lowest BCUT2D eigenvalue weighted by molar-refractivity contribution is 0.0934. The maximum atomic E-state index is 13.0. The average Bonchev–Trinajstić information content (AvgIpc) is 3.02. The van der Waals surface area contributed by atoms with Crippen LogP contribution in [0.25, 0.3) is 0 Å². The minimum atomic E-state index is -0.461. The molecule has 7 heteroatoms. The number of benzene rings is 1. The summed E-state index contributed by atoms with van der Waals surface area (Å²) in [4.78, 5) is 14.3. The Kier molecular flexibility index (Phi) is 5.30. The van der Waals surface area contributed by atoms with Gasteiger partial charge in [-0.15, -0.1) is 11.3 Å². The van der Waals surface area contributed by atoms with Crippen molar-refractivity contribution in [3.05, 3.63) is 42.6 Å². The molecule has 0 saturated heterocycles. The molecule has 2 aliphatic rings. The summed E-state index contributed by atoms with van der Waals surface area (Å²) in [6, 6.07) is 3.62. The average molecular weight is 528 g/mol. The van der Waals surface area contributed by atoms with E-state index in [1.54, 1.807) is 17.4 Å². The number of carbonyl (C=O) groups excluding carboxylic acids is 1. The Labute approximate surface area is 186 Å². The van der Waals surface area contributed by atoms with Gasteiger partial charge in [0.15, 0.2) is 0 Å². The van der Waals surface area contributed by atoms with Crippen molar-refractivity contribution in [1.82, 2.24) is 5.32 Å². The number of aromatic hydroxyl groups is 1. The normalized spacial score (nSPS) is 21.5. The van der Waals surface area contributed by atoms with Gasteiger partial charge in [0.05, 0.1) is 10.0 Å². The van der Waals surface area contributed by atoms with Gasteiger partial charge in [-0.25, -0.2) is 0 Å². The van der Waals surface area contributed by atoms with Gasteiger partial charge in [-0.05, 0) is 64.2 Å². The van der Waals surface area contributed by atoms with Crippen LogP contribution in [0.5, 0.6) is 5.75 Å². The van der Waals surface area contributed by atoms with Crippen LogP contribution in [-0.4, -0.2) is 11.0 Å². The minimum Gasteiger partial charge on any atom is -0.506 e. The van der Waals surface area contributed by atoms with Crippen molar-refractivity contribution in [2.45, 2.75) is 52.6 Å². The quantitative estimate of drug-likeness (QED) is 0.434. The Morgan fingerprint density at radius 2 is 2.04 bits per heavy atom. The number of nitrogens with one attached hydrogen (secondary N) is 2. The lowest BCUT2D eigenvalue weighted by Crippen LogP contribution is -2.38. The second kappa shape index (κ2) is 7.33. The van der Waals surface area contributed by atoms with E-state index in [2.05, 4.69) is 63.3 Å². The number of phenolic OH excluding ortho intramolecular Hbond substituents is 1. The lowest BCUT2D eigenvalue weighted by Gasteiger charge is -2.36. The third-order valence-electron chi connectivity index (χ3n) is 6.43. The van der Waals surface area contributed by atoms with E-state index in [1.165, 1.54) is 10.4 Å². The molecule has 0 saturated carbocycles. The zero-order valence-electron chi connectivity index (χ0n) is 16.2. The molecule has 2 heterocycles. The molecule has 1 aromatic carbocycles. The minimum absolute atomic E-state index is 0.0556. The lowest BCUT2D eigenvalue weighted by atomic mass is 9.69. The third-order valence-corrected chi connectivity index (χ3v) is 8.68. The molecule has 1 amide bonds. The van der Waals surface area contributed by atoms with Gasteiger partial charge < -0.3 is 15.7 Å². The molecule has 2 aromatic rings. The van der Waals surface area contributed by atoms with E-state index in [-0.39, 0.29) is 11.7 Å². The van der Waals surface area contributed by atoms with E-state index < -0.39 is 6.17 Å². The largest absolute Gasteiger partial charge is 0.506 e. The summed E-state index contributed by atoms with van der Waals surface area (Å²) in [5, 5.41) is 17.9. The predicted octanol–water partition coefficient (Wildman–Crippen LogP) is 6.37. The van der Waals surface area contributed by atoms with Crippen molar-refractivity contribution in [2.24, 2.45) is 11.3 Å². The number of hydrogen-bond donors (Lipinski definition) is 3. The zero-order valence-corrected chi connectivity index (χ0v) is 20.1. The van der Waals surface area contributed by atoms with E-state index in [1.807, 2.05) is 6.07 Å². The Bertz CT molecular complexity index is 954. The fourth-order valence-corrected chi connectivity index (χ4v) is 6.83. The van der Waals surface area contributed by atoms with Gasteiger partial charge >= 0.3 is 0 Å². The molecule has 0 radical (unpaired) electrons. The zero-order chi connectivity index (χ0) is 20.2. The number of rotatable bonds is 3. The molecule has 1 aliphatic carbocycles. The molecule has 4 nitrogen and oxygen atoms in total. The Hall–Kier alpha value is -1.05. The third kappa shape index (κ3) is 3.39. The topological polar surface area (TPSA) is 61.4 Å². The fraction of sp³-hybridized carbons (Fsp3) is 0.476. The summed E-state index contributed by atoms with van der Waals surface area (Å²) in [6.07, 6.45) is 3.84. The molecule has 0 bridgehead atoms. The van der Waals surface area contributed by atoms with E-state index >= 15 is 0 Å². The summed E-state index contributed by atoms with van der Waals surface area (Å²) >= 11 is 8.54. The molecule has 2 atom stereocenters. The molecule has 0 fully saturated rings. The standard InChI is InChI=1S/C21H24Br2N2O2S/c1-4-21(2,3)10-5-6-12-15(7-10)28-20-16(12)19(27)24-18(25-20)13-8-11(22)9-14(23)17(13)26/h8-10,18,25-26H,4-7H2,1-3H3,(H,24,27)/t10-,18+/m1/s1. The van der Waals surface area contributed by atoms with Crippen molar-refractivity contribution >= 4 is 54.1 Å². The van der Waals surface area contributed by atoms with Crippen molar-refractivity contribution in [2.75, 3.05) is 5.32 Å². The van der Waals surface area contributed by atoms with Crippen LogP contribution in [0.3, 0.4) is 0 Å². The molecule has 0 spiro atoms. The summed E-state index contributed by atoms with van der Waals surface area (Å²) in [5.41, 5.74) is 2.97. The van der Waals surface area contributed by atoms with Crippen molar-refractivity contribution in [3.63, 3.8) is 0 Å². The van der Waals surface area contributed by atoms with E-state index in [0.717, 1.165) is 40.7 Å². The highest BCUT2D eigenvalue weighted by Crippen LogP contribution is 2.47. The highest BCUT2D eigenvalue weighted by molar-refractivity contribution is 9.11. The molecule has 3 N–H and O–H groups in total. The van der Waals surface area contributed by atoms with Crippen LogP contribution in [0.1, 0.15) is 66.1 Å². The highest BCUT2D eigenvalue weighted by atomic mass is 79.9. The van der Waals surface area contributed by atoms with Crippen molar-refractivity contribution < 1.29 is 9.90 Å². The molecule has 150 valence electrons. The number of hydrogen-bond acceptors (Lipinski definition) is 4. The van der Waals surface area contributed by atoms with Gasteiger partial charge in [0.25, 0.3) is 5.91 Å². The van der Waals surface area contributed by atoms with Gasteiger partial charge in [-0.2, -0.15) is 0 Å². The SMILES string of the molecule is CCC(C)(C)[C@@H]1CCc2c(sc3c2C(=O)N[C@H](c2cc(Br)cc(Br)c2O)N3)C1. The molecule has 1 aliphatic heterocycles. The van der Waals surface area contributed by atoms with E-state index in [4.69, 9.17) is 0 Å². The van der Waals surface area contributed by atoms with E-state index in [9.17, 15) is 9.90 Å². The first-order valence-corrected chi connectivity index (χ1v) is 12.0. The number of carbonyl (C=O) groups is 1. The van der Waals surface area contributed by atoms with Gasteiger partial charge in [0, 0.05) is 14.9 Å². The maximum absolute atomic E-state index is 13.0. The molecular weight excluding hydrogens is 504 g/mol. The number of thiophene rings is 1. The number of fused-ring (bicyclic) bond motifs is 3. The molecule has 28 heavy (non-hydrogen) atoms. The van der Waals surface area contributed by atoms with Crippen molar-refractivity contribution in [3.8, 4) is 5.75 Å². The van der Waals surface area contributed by atoms with Crippen LogP contribution >= 0.6 is 43.2 Å².